The van der Waals surface area contributed by atoms with Gasteiger partial charge in [0.15, 0.2) is 9.84 Å². The van der Waals surface area contributed by atoms with Crippen LogP contribution >= 0.6 is 11.8 Å². The minimum atomic E-state index is -2.94. The maximum Gasteiger partial charge on any atom is 0.323 e. The number of ether oxygens (including phenoxy) is 1. The molecule has 0 fully saturated rings. The van der Waals surface area contributed by atoms with Crippen LogP contribution in [0.3, 0.4) is 0 Å². The molecule has 1 unspecified atom stereocenters. The molecule has 0 aliphatic heterocycles. The monoisotopic (exact) mass is 283 g/mol. The van der Waals surface area contributed by atoms with Crippen LogP contribution in [-0.2, 0) is 19.4 Å². The van der Waals surface area contributed by atoms with Gasteiger partial charge in [0.05, 0.1) is 12.4 Å². The highest BCUT2D eigenvalue weighted by Gasteiger charge is 2.15. The van der Waals surface area contributed by atoms with E-state index in [0.29, 0.717) is 24.5 Å². The molecular weight excluding hydrogens is 262 g/mol. The van der Waals surface area contributed by atoms with Gasteiger partial charge in [0.25, 0.3) is 0 Å². The molecule has 0 aliphatic carbocycles. The minimum Gasteiger partial charge on any atom is -0.465 e. The summed E-state index contributed by atoms with van der Waals surface area (Å²) in [6.07, 6.45) is 0.634. The van der Waals surface area contributed by atoms with Crippen LogP contribution in [0.25, 0.3) is 0 Å². The first-order chi connectivity index (χ1) is 7.93. The number of carbonyl (C=O) groups is 1. The second kappa shape index (κ2) is 8.77. The second-order valence-electron chi connectivity index (χ2n) is 3.59. The van der Waals surface area contributed by atoms with Gasteiger partial charge in [-0.1, -0.05) is 6.92 Å². The molecule has 0 spiro atoms. The number of hydrogen-bond acceptors (Lipinski definition) is 6. The predicted octanol–water partition coefficient (Wildman–Crippen LogP) is 0.435. The lowest BCUT2D eigenvalue weighted by Crippen LogP contribution is -2.34. The van der Waals surface area contributed by atoms with Crippen LogP contribution in [-0.4, -0.2) is 50.0 Å². The Labute approximate surface area is 107 Å². The molecule has 102 valence electrons. The molecule has 0 rings (SSSR count). The van der Waals surface area contributed by atoms with E-state index < -0.39 is 21.8 Å². The molecule has 0 saturated carbocycles. The molecule has 0 radical (unpaired) electrons. The van der Waals surface area contributed by atoms with E-state index >= 15 is 0 Å². The third-order valence-corrected chi connectivity index (χ3v) is 5.14. The maximum atomic E-state index is 11.4. The average molecular weight is 283 g/mol. The van der Waals surface area contributed by atoms with Crippen LogP contribution in [0.1, 0.15) is 20.3 Å². The Bertz CT molecular complexity index is 316. The standard InChI is InChI=1S/C10H21NO4S2/c1-3-6-17(13,14)7-5-16-8-9(11)10(12)15-4-2/h9H,3-8,11H2,1-2H3. The van der Waals surface area contributed by atoms with Crippen molar-refractivity contribution in [3.05, 3.63) is 0 Å². The zero-order chi connectivity index (χ0) is 13.3. The highest BCUT2D eigenvalue weighted by atomic mass is 32.2. The van der Waals surface area contributed by atoms with Gasteiger partial charge in [-0.05, 0) is 13.3 Å². The summed E-state index contributed by atoms with van der Waals surface area (Å²) in [5.41, 5.74) is 5.57. The zero-order valence-corrected chi connectivity index (χ0v) is 12.0. The highest BCUT2D eigenvalue weighted by molar-refractivity contribution is 8.00. The normalized spacial score (nSPS) is 13.4. The van der Waals surface area contributed by atoms with Gasteiger partial charge in [-0.25, -0.2) is 8.42 Å². The number of sulfone groups is 1. The fraction of sp³-hybridized carbons (Fsp3) is 0.900. The van der Waals surface area contributed by atoms with E-state index in [2.05, 4.69) is 0 Å². The molecule has 0 heterocycles. The summed E-state index contributed by atoms with van der Waals surface area (Å²) >= 11 is 1.36. The van der Waals surface area contributed by atoms with Crippen molar-refractivity contribution in [2.75, 3.05) is 29.6 Å². The molecule has 7 heteroatoms. The third kappa shape index (κ3) is 8.45. The van der Waals surface area contributed by atoms with Crippen LogP contribution in [0, 0.1) is 0 Å². The van der Waals surface area contributed by atoms with Gasteiger partial charge in [0, 0.05) is 17.3 Å². The molecular formula is C10H21NO4S2. The Balaban J connectivity index is 3.74. The molecule has 1 atom stereocenters. The number of carbonyl (C=O) groups excluding carboxylic acids is 1. The number of rotatable bonds is 9. The van der Waals surface area contributed by atoms with Gasteiger partial charge in [-0.3, -0.25) is 4.79 Å². The van der Waals surface area contributed by atoms with E-state index in [0.717, 1.165) is 0 Å². The van der Waals surface area contributed by atoms with E-state index in [9.17, 15) is 13.2 Å². The number of esters is 1. The molecule has 0 saturated heterocycles. The van der Waals surface area contributed by atoms with Crippen LogP contribution in [0.15, 0.2) is 0 Å². The van der Waals surface area contributed by atoms with Crippen molar-refractivity contribution >= 4 is 27.6 Å². The largest absolute Gasteiger partial charge is 0.465 e. The van der Waals surface area contributed by atoms with Gasteiger partial charge in [-0.15, -0.1) is 0 Å². The number of thioether (sulfide) groups is 1. The van der Waals surface area contributed by atoms with Crippen molar-refractivity contribution in [3.63, 3.8) is 0 Å². The lowest BCUT2D eigenvalue weighted by molar-refractivity contribution is -0.144. The Hall–Kier alpha value is -0.270. The first kappa shape index (κ1) is 16.7. The van der Waals surface area contributed by atoms with Crippen LogP contribution < -0.4 is 5.73 Å². The molecule has 0 aliphatic rings. The third-order valence-electron chi connectivity index (χ3n) is 1.94. The first-order valence-electron chi connectivity index (χ1n) is 5.63. The van der Waals surface area contributed by atoms with Crippen LogP contribution in [0.2, 0.25) is 0 Å². The summed E-state index contributed by atoms with van der Waals surface area (Å²) in [4.78, 5) is 11.2. The van der Waals surface area contributed by atoms with Gasteiger partial charge in [0.1, 0.15) is 6.04 Å². The Morgan fingerprint density at radius 3 is 2.53 bits per heavy atom. The van der Waals surface area contributed by atoms with E-state index in [1.54, 1.807) is 6.92 Å². The van der Waals surface area contributed by atoms with E-state index in [1.807, 2.05) is 6.92 Å². The van der Waals surface area contributed by atoms with Crippen molar-refractivity contribution in [1.29, 1.82) is 0 Å². The van der Waals surface area contributed by atoms with Gasteiger partial charge in [0.2, 0.25) is 0 Å². The van der Waals surface area contributed by atoms with E-state index in [1.165, 1.54) is 11.8 Å². The summed E-state index contributed by atoms with van der Waals surface area (Å²) in [6, 6.07) is -0.672. The van der Waals surface area contributed by atoms with Gasteiger partial charge in [-0.2, -0.15) is 11.8 Å². The molecule has 0 aromatic carbocycles. The summed E-state index contributed by atoms with van der Waals surface area (Å²) in [6.45, 7) is 3.86. The maximum absolute atomic E-state index is 11.4. The van der Waals surface area contributed by atoms with Crippen molar-refractivity contribution < 1.29 is 17.9 Å². The molecule has 2 N–H and O–H groups in total. The summed E-state index contributed by atoms with van der Waals surface area (Å²) in [7, 11) is -2.94. The summed E-state index contributed by atoms with van der Waals surface area (Å²) < 4.78 is 27.5. The minimum absolute atomic E-state index is 0.140. The molecule has 0 amide bonds. The van der Waals surface area contributed by atoms with E-state index in [-0.39, 0.29) is 11.5 Å². The van der Waals surface area contributed by atoms with Crippen molar-refractivity contribution in [2.45, 2.75) is 26.3 Å². The Kier molecular flexibility index (Phi) is 8.63. The van der Waals surface area contributed by atoms with E-state index in [4.69, 9.17) is 10.5 Å². The Morgan fingerprint density at radius 1 is 1.35 bits per heavy atom. The molecule has 0 aromatic rings. The lowest BCUT2D eigenvalue weighted by atomic mass is 10.4. The Morgan fingerprint density at radius 2 is 2.00 bits per heavy atom. The van der Waals surface area contributed by atoms with Gasteiger partial charge >= 0.3 is 5.97 Å². The van der Waals surface area contributed by atoms with Crippen molar-refractivity contribution in [2.24, 2.45) is 5.73 Å². The summed E-state index contributed by atoms with van der Waals surface area (Å²) in [5, 5.41) is 0. The highest BCUT2D eigenvalue weighted by Crippen LogP contribution is 2.05. The molecule has 5 nitrogen and oxygen atoms in total. The fourth-order valence-corrected chi connectivity index (χ4v) is 4.00. The van der Waals surface area contributed by atoms with Crippen molar-refractivity contribution in [3.8, 4) is 0 Å². The smallest absolute Gasteiger partial charge is 0.323 e. The second-order valence-corrected chi connectivity index (χ2v) is 7.04. The number of nitrogens with two attached hydrogens (primary N) is 1. The SMILES string of the molecule is CCCS(=O)(=O)CCSCC(N)C(=O)OCC. The number of hydrogen-bond donors (Lipinski definition) is 1. The fourth-order valence-electron chi connectivity index (χ4n) is 1.13. The topological polar surface area (TPSA) is 86.5 Å². The molecule has 17 heavy (non-hydrogen) atoms. The quantitative estimate of drug-likeness (QED) is 0.488. The van der Waals surface area contributed by atoms with Crippen LogP contribution in [0.5, 0.6) is 0 Å². The average Bonchev–Trinajstić information content (AvgIpc) is 2.24. The molecule has 0 aromatic heterocycles. The zero-order valence-electron chi connectivity index (χ0n) is 10.3. The summed E-state index contributed by atoms with van der Waals surface area (Å²) in [5.74, 6) is 0.783. The predicted molar refractivity (Wildman–Crippen MR) is 70.9 cm³/mol. The van der Waals surface area contributed by atoms with Crippen molar-refractivity contribution in [1.82, 2.24) is 0 Å². The van der Waals surface area contributed by atoms with Gasteiger partial charge < -0.3 is 10.5 Å². The van der Waals surface area contributed by atoms with Crippen LogP contribution in [0.4, 0.5) is 0 Å². The lowest BCUT2D eigenvalue weighted by Gasteiger charge is -2.09. The molecule has 0 bridgehead atoms. The first-order valence-corrected chi connectivity index (χ1v) is 8.61.